The van der Waals surface area contributed by atoms with Crippen molar-refractivity contribution < 1.29 is 14.3 Å². The van der Waals surface area contributed by atoms with Gasteiger partial charge in [-0.15, -0.1) is 0 Å². The van der Waals surface area contributed by atoms with E-state index in [-0.39, 0.29) is 18.4 Å². The molecule has 1 unspecified atom stereocenters. The highest BCUT2D eigenvalue weighted by Gasteiger charge is 2.28. The number of ether oxygens (including phenoxy) is 1. The van der Waals surface area contributed by atoms with Crippen LogP contribution in [0.2, 0.25) is 0 Å². The molecule has 26 heavy (non-hydrogen) atoms. The molecule has 0 saturated heterocycles. The monoisotopic (exact) mass is 354 g/mol. The third-order valence-corrected chi connectivity index (χ3v) is 4.34. The molecule has 0 aliphatic carbocycles. The Morgan fingerprint density at radius 2 is 1.73 bits per heavy atom. The molecule has 1 atom stereocenters. The predicted molar refractivity (Wildman–Crippen MR) is 102 cm³/mol. The van der Waals surface area contributed by atoms with Gasteiger partial charge in [0.05, 0.1) is 0 Å². The molecule has 2 amide bonds. The SMILES string of the molecule is CCC(C(=O)NC)N(Cc1ccccc1C)C(=O)COc1ccccc1. The second-order valence-corrected chi connectivity index (χ2v) is 6.09. The third kappa shape index (κ3) is 5.09. The van der Waals surface area contributed by atoms with Crippen LogP contribution in [0.3, 0.4) is 0 Å². The summed E-state index contributed by atoms with van der Waals surface area (Å²) >= 11 is 0. The molecule has 0 aromatic heterocycles. The van der Waals surface area contributed by atoms with Gasteiger partial charge in [-0.25, -0.2) is 0 Å². The zero-order valence-corrected chi connectivity index (χ0v) is 15.6. The van der Waals surface area contributed by atoms with Crippen LogP contribution in [-0.4, -0.2) is 36.4 Å². The fourth-order valence-electron chi connectivity index (χ4n) is 2.80. The number of nitrogens with zero attached hydrogens (tertiary/aromatic N) is 1. The molecular formula is C21H26N2O3. The minimum atomic E-state index is -0.536. The van der Waals surface area contributed by atoms with Gasteiger partial charge in [-0.1, -0.05) is 49.4 Å². The summed E-state index contributed by atoms with van der Waals surface area (Å²) in [7, 11) is 1.59. The van der Waals surface area contributed by atoms with Gasteiger partial charge in [0.2, 0.25) is 5.91 Å². The Morgan fingerprint density at radius 1 is 1.08 bits per heavy atom. The van der Waals surface area contributed by atoms with Gasteiger partial charge in [-0.05, 0) is 36.6 Å². The molecule has 2 rings (SSSR count). The smallest absolute Gasteiger partial charge is 0.261 e. The highest BCUT2D eigenvalue weighted by molar-refractivity contribution is 5.88. The van der Waals surface area contributed by atoms with E-state index in [9.17, 15) is 9.59 Å². The second-order valence-electron chi connectivity index (χ2n) is 6.09. The maximum Gasteiger partial charge on any atom is 0.261 e. The molecular weight excluding hydrogens is 328 g/mol. The van der Waals surface area contributed by atoms with Crippen LogP contribution in [0.1, 0.15) is 24.5 Å². The predicted octanol–water partition coefficient (Wildman–Crippen LogP) is 2.93. The second kappa shape index (κ2) is 9.61. The lowest BCUT2D eigenvalue weighted by atomic mass is 10.1. The lowest BCUT2D eigenvalue weighted by Gasteiger charge is -2.30. The van der Waals surface area contributed by atoms with Crippen LogP contribution in [-0.2, 0) is 16.1 Å². The van der Waals surface area contributed by atoms with E-state index in [0.29, 0.717) is 18.7 Å². The van der Waals surface area contributed by atoms with Crippen molar-refractivity contribution in [1.82, 2.24) is 10.2 Å². The summed E-state index contributed by atoms with van der Waals surface area (Å²) in [6, 6.07) is 16.5. The summed E-state index contributed by atoms with van der Waals surface area (Å²) in [5, 5.41) is 2.65. The van der Waals surface area contributed by atoms with Crippen molar-refractivity contribution in [3.8, 4) is 5.75 Å². The first-order chi connectivity index (χ1) is 12.6. The standard InChI is InChI=1S/C21H26N2O3/c1-4-19(21(25)22-3)23(14-17-11-9-8-10-16(17)2)20(24)15-26-18-12-6-5-7-13-18/h5-13,19H,4,14-15H2,1-3H3,(H,22,25). The lowest BCUT2D eigenvalue weighted by molar-refractivity contribution is -0.142. The molecule has 0 spiro atoms. The average Bonchev–Trinajstić information content (AvgIpc) is 2.67. The first-order valence-corrected chi connectivity index (χ1v) is 8.80. The summed E-state index contributed by atoms with van der Waals surface area (Å²) in [6.45, 7) is 4.16. The summed E-state index contributed by atoms with van der Waals surface area (Å²) in [4.78, 5) is 26.8. The van der Waals surface area contributed by atoms with E-state index in [1.807, 2.05) is 56.3 Å². The molecule has 1 N–H and O–H groups in total. The number of para-hydroxylation sites is 1. The van der Waals surface area contributed by atoms with Gasteiger partial charge in [-0.2, -0.15) is 0 Å². The Labute approximate surface area is 155 Å². The van der Waals surface area contributed by atoms with Gasteiger partial charge in [0.15, 0.2) is 6.61 Å². The number of rotatable bonds is 8. The molecule has 0 radical (unpaired) electrons. The van der Waals surface area contributed by atoms with Crippen LogP contribution in [0.15, 0.2) is 54.6 Å². The number of aryl methyl sites for hydroxylation is 1. The van der Waals surface area contributed by atoms with Crippen molar-refractivity contribution in [2.45, 2.75) is 32.9 Å². The molecule has 2 aromatic carbocycles. The van der Waals surface area contributed by atoms with Gasteiger partial charge in [0.25, 0.3) is 5.91 Å². The van der Waals surface area contributed by atoms with Gasteiger partial charge in [-0.3, -0.25) is 9.59 Å². The Bertz CT molecular complexity index is 731. The minimum Gasteiger partial charge on any atom is -0.484 e. The van der Waals surface area contributed by atoms with Crippen molar-refractivity contribution in [2.75, 3.05) is 13.7 Å². The third-order valence-electron chi connectivity index (χ3n) is 4.34. The summed E-state index contributed by atoms with van der Waals surface area (Å²) < 4.78 is 5.60. The van der Waals surface area contributed by atoms with E-state index in [0.717, 1.165) is 11.1 Å². The molecule has 0 aliphatic rings. The number of nitrogens with one attached hydrogen (secondary N) is 1. The van der Waals surface area contributed by atoms with E-state index in [4.69, 9.17) is 4.74 Å². The first-order valence-electron chi connectivity index (χ1n) is 8.80. The Kier molecular flexibility index (Phi) is 7.21. The van der Waals surface area contributed by atoms with E-state index in [1.54, 1.807) is 24.1 Å². The maximum atomic E-state index is 12.9. The fourth-order valence-corrected chi connectivity index (χ4v) is 2.80. The zero-order valence-electron chi connectivity index (χ0n) is 15.6. The van der Waals surface area contributed by atoms with Crippen molar-refractivity contribution in [3.63, 3.8) is 0 Å². The molecule has 138 valence electrons. The van der Waals surface area contributed by atoms with Crippen molar-refractivity contribution in [1.29, 1.82) is 0 Å². The van der Waals surface area contributed by atoms with Gasteiger partial charge >= 0.3 is 0 Å². The molecule has 0 saturated carbocycles. The van der Waals surface area contributed by atoms with Crippen molar-refractivity contribution in [3.05, 3.63) is 65.7 Å². The number of hydrogen-bond acceptors (Lipinski definition) is 3. The number of hydrogen-bond donors (Lipinski definition) is 1. The van der Waals surface area contributed by atoms with Crippen LogP contribution < -0.4 is 10.1 Å². The lowest BCUT2D eigenvalue weighted by Crippen LogP contribution is -2.49. The van der Waals surface area contributed by atoms with Crippen LogP contribution in [0.5, 0.6) is 5.75 Å². The Balaban J connectivity index is 2.19. The average molecular weight is 354 g/mol. The summed E-state index contributed by atoms with van der Waals surface area (Å²) in [5.74, 6) is 0.242. The minimum absolute atomic E-state index is 0.108. The highest BCUT2D eigenvalue weighted by Crippen LogP contribution is 2.16. The van der Waals surface area contributed by atoms with E-state index >= 15 is 0 Å². The van der Waals surface area contributed by atoms with E-state index in [2.05, 4.69) is 5.32 Å². The molecule has 0 heterocycles. The quantitative estimate of drug-likeness (QED) is 0.793. The number of benzene rings is 2. The van der Waals surface area contributed by atoms with Crippen LogP contribution in [0.25, 0.3) is 0 Å². The van der Waals surface area contributed by atoms with Crippen LogP contribution in [0.4, 0.5) is 0 Å². The maximum absolute atomic E-state index is 12.9. The Hall–Kier alpha value is -2.82. The molecule has 5 nitrogen and oxygen atoms in total. The number of carbonyl (C=O) groups excluding carboxylic acids is 2. The Morgan fingerprint density at radius 3 is 2.35 bits per heavy atom. The normalized spacial score (nSPS) is 11.5. The van der Waals surface area contributed by atoms with Gasteiger partial charge in [0, 0.05) is 13.6 Å². The molecule has 0 fully saturated rings. The molecule has 2 aromatic rings. The molecule has 5 heteroatoms. The summed E-state index contributed by atoms with van der Waals surface area (Å²) in [6.07, 6.45) is 0.530. The van der Waals surface area contributed by atoms with Gasteiger partial charge < -0.3 is 15.0 Å². The topological polar surface area (TPSA) is 58.6 Å². The van der Waals surface area contributed by atoms with Crippen LogP contribution in [0, 0.1) is 6.92 Å². The van der Waals surface area contributed by atoms with Crippen LogP contribution >= 0.6 is 0 Å². The largest absolute Gasteiger partial charge is 0.484 e. The first kappa shape index (κ1) is 19.5. The number of likely N-dealkylation sites (N-methyl/N-ethyl adjacent to an activating group) is 1. The van der Waals surface area contributed by atoms with E-state index in [1.165, 1.54) is 0 Å². The number of amides is 2. The zero-order chi connectivity index (χ0) is 18.9. The van der Waals surface area contributed by atoms with E-state index < -0.39 is 6.04 Å². The van der Waals surface area contributed by atoms with Gasteiger partial charge in [0.1, 0.15) is 11.8 Å². The fraction of sp³-hybridized carbons (Fsp3) is 0.333. The number of carbonyl (C=O) groups is 2. The summed E-state index contributed by atoms with van der Waals surface area (Å²) in [5.41, 5.74) is 2.10. The highest BCUT2D eigenvalue weighted by atomic mass is 16.5. The molecule has 0 bridgehead atoms. The molecule has 0 aliphatic heterocycles. The van der Waals surface area contributed by atoms with Crippen molar-refractivity contribution in [2.24, 2.45) is 0 Å². The van der Waals surface area contributed by atoms with Crippen molar-refractivity contribution >= 4 is 11.8 Å².